The second-order valence-corrected chi connectivity index (χ2v) is 6.69. The first kappa shape index (κ1) is 15.4. The van der Waals surface area contributed by atoms with E-state index in [1.54, 1.807) is 0 Å². The van der Waals surface area contributed by atoms with Gasteiger partial charge in [0, 0.05) is 11.8 Å². The molecule has 1 saturated heterocycles. The monoisotopic (exact) mass is 296 g/mol. The van der Waals surface area contributed by atoms with E-state index < -0.39 is 5.54 Å². The average Bonchev–Trinajstić information content (AvgIpc) is 2.55. The molecule has 2 rings (SSSR count). The fourth-order valence-electron chi connectivity index (χ4n) is 3.44. The summed E-state index contributed by atoms with van der Waals surface area (Å²) in [5.74, 6) is -0.731. The normalized spacial score (nSPS) is 31.0. The van der Waals surface area contributed by atoms with Crippen molar-refractivity contribution < 1.29 is 9.59 Å². The molecule has 0 aromatic heterocycles. The summed E-state index contributed by atoms with van der Waals surface area (Å²) in [5, 5.41) is 0. The van der Waals surface area contributed by atoms with Crippen LogP contribution in [-0.2, 0) is 9.59 Å². The van der Waals surface area contributed by atoms with Gasteiger partial charge in [0.1, 0.15) is 5.54 Å². The number of hydrogen-bond acceptors (Lipinski definition) is 3. The largest absolute Gasteiger partial charge is 0.391 e. The zero-order valence-electron chi connectivity index (χ0n) is 12.4. The number of imide groups is 1. The molecule has 2 atom stereocenters. The molecule has 0 radical (unpaired) electrons. The number of thiocarbonyl (C=S) groups is 1. The molecular weight excluding hydrogens is 272 g/mol. The van der Waals surface area contributed by atoms with Gasteiger partial charge in [-0.3, -0.25) is 14.5 Å². The lowest BCUT2D eigenvalue weighted by molar-refractivity contribution is -0.145. The van der Waals surface area contributed by atoms with Gasteiger partial charge in [-0.15, -0.1) is 0 Å². The minimum Gasteiger partial charge on any atom is -0.391 e. The Bertz CT molecular complexity index is 408. The topological polar surface area (TPSA) is 63.4 Å². The summed E-state index contributed by atoms with van der Waals surface area (Å²) in [6.07, 6.45) is 6.83. The first-order valence-electron chi connectivity index (χ1n) is 7.59. The van der Waals surface area contributed by atoms with Gasteiger partial charge in [0.15, 0.2) is 0 Å². The van der Waals surface area contributed by atoms with Gasteiger partial charge in [-0.2, -0.15) is 0 Å². The van der Waals surface area contributed by atoms with E-state index in [0.29, 0.717) is 4.99 Å². The number of likely N-dealkylation sites (tertiary alicyclic amines) is 1. The highest BCUT2D eigenvalue weighted by Gasteiger charge is 2.53. The Morgan fingerprint density at radius 2 is 1.45 bits per heavy atom. The van der Waals surface area contributed by atoms with E-state index in [-0.39, 0.29) is 23.7 Å². The third-order valence-electron chi connectivity index (χ3n) is 5.04. The maximum atomic E-state index is 12.5. The summed E-state index contributed by atoms with van der Waals surface area (Å²) in [4.78, 5) is 26.8. The molecule has 0 aromatic rings. The summed E-state index contributed by atoms with van der Waals surface area (Å²) in [7, 11) is 0. The molecule has 2 amide bonds. The van der Waals surface area contributed by atoms with Crippen molar-refractivity contribution in [1.29, 1.82) is 0 Å². The molecule has 1 heterocycles. The Balaban J connectivity index is 2.39. The standard InChI is InChI=1S/C15H24N2O2S/c1-10-11(2)13(19)17(12(10)18)15(14(16)20)8-6-4-3-5-7-9-15/h10-11H,3-9H2,1-2H3,(H2,16,20). The zero-order valence-corrected chi connectivity index (χ0v) is 13.2. The summed E-state index contributed by atoms with van der Waals surface area (Å²) in [5.41, 5.74) is 5.28. The predicted molar refractivity (Wildman–Crippen MR) is 82.0 cm³/mol. The molecule has 4 nitrogen and oxygen atoms in total. The lowest BCUT2D eigenvalue weighted by atomic mass is 9.82. The SMILES string of the molecule is CC1C(=O)N(C2(C(N)=S)CCCCCCC2)C(=O)C1C. The second kappa shape index (κ2) is 5.80. The van der Waals surface area contributed by atoms with E-state index in [0.717, 1.165) is 38.5 Å². The van der Waals surface area contributed by atoms with Gasteiger partial charge in [-0.25, -0.2) is 0 Å². The van der Waals surface area contributed by atoms with Crippen molar-refractivity contribution in [2.75, 3.05) is 0 Å². The highest BCUT2D eigenvalue weighted by molar-refractivity contribution is 7.80. The molecule has 0 spiro atoms. The molecular formula is C15H24N2O2S. The summed E-state index contributed by atoms with van der Waals surface area (Å²) in [6.45, 7) is 3.64. The van der Waals surface area contributed by atoms with Gasteiger partial charge in [0.05, 0.1) is 4.99 Å². The van der Waals surface area contributed by atoms with Crippen molar-refractivity contribution >= 4 is 29.0 Å². The van der Waals surface area contributed by atoms with Crippen molar-refractivity contribution in [1.82, 2.24) is 4.90 Å². The van der Waals surface area contributed by atoms with Gasteiger partial charge >= 0.3 is 0 Å². The molecule has 1 aliphatic carbocycles. The van der Waals surface area contributed by atoms with Crippen LogP contribution in [0.5, 0.6) is 0 Å². The quantitative estimate of drug-likeness (QED) is 0.628. The van der Waals surface area contributed by atoms with Crippen LogP contribution in [0.3, 0.4) is 0 Å². The van der Waals surface area contributed by atoms with Crippen molar-refractivity contribution in [3.05, 3.63) is 0 Å². The smallest absolute Gasteiger partial charge is 0.233 e. The molecule has 2 N–H and O–H groups in total. The van der Waals surface area contributed by atoms with Crippen molar-refractivity contribution in [3.8, 4) is 0 Å². The summed E-state index contributed by atoms with van der Waals surface area (Å²) < 4.78 is 0. The Labute approximate surface area is 126 Å². The van der Waals surface area contributed by atoms with Crippen molar-refractivity contribution in [2.45, 2.75) is 64.3 Å². The summed E-state index contributed by atoms with van der Waals surface area (Å²) in [6, 6.07) is 0. The van der Waals surface area contributed by atoms with E-state index >= 15 is 0 Å². The van der Waals surface area contributed by atoms with Crippen LogP contribution in [0.2, 0.25) is 0 Å². The van der Waals surface area contributed by atoms with Gasteiger partial charge < -0.3 is 5.73 Å². The van der Waals surface area contributed by atoms with E-state index in [1.807, 2.05) is 13.8 Å². The van der Waals surface area contributed by atoms with Crippen LogP contribution >= 0.6 is 12.2 Å². The molecule has 1 saturated carbocycles. The fourth-order valence-corrected chi connectivity index (χ4v) is 3.73. The van der Waals surface area contributed by atoms with Crippen LogP contribution in [0.15, 0.2) is 0 Å². The van der Waals surface area contributed by atoms with Crippen LogP contribution < -0.4 is 5.73 Å². The number of hydrogen-bond donors (Lipinski definition) is 1. The molecule has 0 aromatic carbocycles. The van der Waals surface area contributed by atoms with Crippen molar-refractivity contribution in [3.63, 3.8) is 0 Å². The maximum absolute atomic E-state index is 12.5. The lowest BCUT2D eigenvalue weighted by Crippen LogP contribution is -2.59. The Morgan fingerprint density at radius 1 is 1.05 bits per heavy atom. The molecule has 2 fully saturated rings. The molecule has 112 valence electrons. The number of carbonyl (C=O) groups excluding carboxylic acids is 2. The molecule has 1 aliphatic heterocycles. The van der Waals surface area contributed by atoms with Gasteiger partial charge in [-0.05, 0) is 12.8 Å². The van der Waals surface area contributed by atoms with Crippen LogP contribution in [0.25, 0.3) is 0 Å². The molecule has 2 unspecified atom stereocenters. The van der Waals surface area contributed by atoms with Crippen LogP contribution in [0.1, 0.15) is 58.8 Å². The van der Waals surface area contributed by atoms with Crippen LogP contribution in [0, 0.1) is 11.8 Å². The molecule has 5 heteroatoms. The van der Waals surface area contributed by atoms with E-state index in [9.17, 15) is 9.59 Å². The number of nitrogens with two attached hydrogens (primary N) is 1. The molecule has 2 aliphatic rings. The Kier molecular flexibility index (Phi) is 4.47. The molecule has 0 bridgehead atoms. The number of carbonyl (C=O) groups is 2. The second-order valence-electron chi connectivity index (χ2n) is 6.25. The third-order valence-corrected chi connectivity index (χ3v) is 5.42. The van der Waals surface area contributed by atoms with E-state index in [4.69, 9.17) is 18.0 Å². The highest BCUT2D eigenvalue weighted by atomic mass is 32.1. The van der Waals surface area contributed by atoms with Gasteiger partial charge in [0.2, 0.25) is 11.8 Å². The fraction of sp³-hybridized carbons (Fsp3) is 0.800. The zero-order chi connectivity index (χ0) is 14.9. The first-order chi connectivity index (χ1) is 9.42. The number of nitrogens with zero attached hydrogens (tertiary/aromatic N) is 1. The molecule has 20 heavy (non-hydrogen) atoms. The first-order valence-corrected chi connectivity index (χ1v) is 8.00. The van der Waals surface area contributed by atoms with Gasteiger partial charge in [0.25, 0.3) is 0 Å². The van der Waals surface area contributed by atoms with E-state index in [2.05, 4.69) is 0 Å². The van der Waals surface area contributed by atoms with E-state index in [1.165, 1.54) is 11.3 Å². The van der Waals surface area contributed by atoms with Crippen LogP contribution in [0.4, 0.5) is 0 Å². The lowest BCUT2D eigenvalue weighted by Gasteiger charge is -2.41. The highest BCUT2D eigenvalue weighted by Crippen LogP contribution is 2.39. The Hall–Kier alpha value is -0.970. The number of amides is 2. The minimum absolute atomic E-state index is 0.101. The predicted octanol–water partition coefficient (Wildman–Crippen LogP) is 2.40. The summed E-state index contributed by atoms with van der Waals surface area (Å²) >= 11 is 5.28. The minimum atomic E-state index is -0.719. The number of rotatable bonds is 2. The van der Waals surface area contributed by atoms with Crippen LogP contribution in [-0.4, -0.2) is 27.2 Å². The van der Waals surface area contributed by atoms with Gasteiger partial charge in [-0.1, -0.05) is 58.2 Å². The maximum Gasteiger partial charge on any atom is 0.233 e. The third kappa shape index (κ3) is 2.36. The average molecular weight is 296 g/mol. The Morgan fingerprint density at radius 3 is 1.85 bits per heavy atom. The van der Waals surface area contributed by atoms with Crippen molar-refractivity contribution in [2.24, 2.45) is 17.6 Å².